The molecule has 4 aromatic rings. The summed E-state index contributed by atoms with van der Waals surface area (Å²) in [5.41, 5.74) is 9.78. The van der Waals surface area contributed by atoms with E-state index in [1.54, 1.807) is 35.1 Å². The Bertz CT molecular complexity index is 1560. The molecule has 0 unspecified atom stereocenters. The molecule has 0 saturated carbocycles. The molecular formula is C24H25N9O2S. The van der Waals surface area contributed by atoms with E-state index in [0.29, 0.717) is 29.2 Å². The molecule has 0 atom stereocenters. The van der Waals surface area contributed by atoms with Crippen LogP contribution in [0.25, 0.3) is 22.6 Å². The van der Waals surface area contributed by atoms with Gasteiger partial charge in [0.25, 0.3) is 0 Å². The van der Waals surface area contributed by atoms with E-state index in [0.717, 1.165) is 23.2 Å². The third-order valence-corrected chi connectivity index (χ3v) is 6.10. The van der Waals surface area contributed by atoms with Gasteiger partial charge < -0.3 is 5.73 Å². The minimum atomic E-state index is -3.31. The van der Waals surface area contributed by atoms with Crippen LogP contribution in [0, 0.1) is 11.3 Å². The second kappa shape index (κ2) is 9.80. The van der Waals surface area contributed by atoms with E-state index in [9.17, 15) is 13.7 Å². The normalized spacial score (nSPS) is 11.8. The zero-order valence-corrected chi connectivity index (χ0v) is 20.9. The standard InChI is InChI=1S/C24H25N9O2S/c1-24(2,15-27-36(3,34)35)22-9-5-8-18(28-22)13-33-14-21(31-32-33)20-11-19(29-23(26)30-20)17-7-4-6-16(10-17)12-25/h4-11,14,27H,13,15H2,1-3H3,(H2,26,29,30). The number of nitrogens with zero attached hydrogens (tertiary/aromatic N) is 7. The molecule has 184 valence electrons. The second-order valence-electron chi connectivity index (χ2n) is 8.98. The number of nitriles is 1. The Kier molecular flexibility index (Phi) is 6.78. The lowest BCUT2D eigenvalue weighted by Crippen LogP contribution is -2.36. The van der Waals surface area contributed by atoms with Gasteiger partial charge in [-0.05, 0) is 30.3 Å². The monoisotopic (exact) mass is 503 g/mol. The number of aromatic nitrogens is 6. The quantitative estimate of drug-likeness (QED) is 0.366. The average Bonchev–Trinajstić information content (AvgIpc) is 3.31. The van der Waals surface area contributed by atoms with Gasteiger partial charge in [-0.1, -0.05) is 37.3 Å². The number of sulfonamides is 1. The maximum absolute atomic E-state index is 11.5. The fraction of sp³-hybridized carbons (Fsp3) is 0.250. The molecule has 0 saturated heterocycles. The molecule has 4 rings (SSSR count). The van der Waals surface area contributed by atoms with E-state index in [2.05, 4.69) is 31.1 Å². The van der Waals surface area contributed by atoms with Gasteiger partial charge in [0.1, 0.15) is 5.69 Å². The van der Waals surface area contributed by atoms with Gasteiger partial charge >= 0.3 is 0 Å². The summed E-state index contributed by atoms with van der Waals surface area (Å²) in [6.07, 6.45) is 2.87. The molecule has 0 bridgehead atoms. The van der Waals surface area contributed by atoms with Crippen LogP contribution in [0.15, 0.2) is 54.7 Å². The summed E-state index contributed by atoms with van der Waals surface area (Å²) in [4.78, 5) is 13.3. The minimum absolute atomic E-state index is 0.0821. The van der Waals surface area contributed by atoms with E-state index in [4.69, 9.17) is 10.7 Å². The zero-order chi connectivity index (χ0) is 25.9. The molecule has 0 aliphatic carbocycles. The first-order valence-electron chi connectivity index (χ1n) is 11.0. The van der Waals surface area contributed by atoms with Gasteiger partial charge in [0.05, 0.1) is 47.7 Å². The number of benzene rings is 1. The molecular weight excluding hydrogens is 478 g/mol. The first-order valence-corrected chi connectivity index (χ1v) is 12.9. The Morgan fingerprint density at radius 1 is 1.06 bits per heavy atom. The van der Waals surface area contributed by atoms with Gasteiger partial charge in [0.2, 0.25) is 16.0 Å². The summed E-state index contributed by atoms with van der Waals surface area (Å²) in [6.45, 7) is 4.43. The lowest BCUT2D eigenvalue weighted by molar-refractivity contribution is 0.487. The molecule has 0 aliphatic rings. The number of nitrogen functional groups attached to an aromatic ring is 1. The maximum Gasteiger partial charge on any atom is 0.221 e. The molecule has 0 fully saturated rings. The lowest BCUT2D eigenvalue weighted by atomic mass is 9.89. The second-order valence-corrected chi connectivity index (χ2v) is 10.8. The van der Waals surface area contributed by atoms with Crippen LogP contribution in [0.5, 0.6) is 0 Å². The molecule has 0 amide bonds. The minimum Gasteiger partial charge on any atom is -0.368 e. The van der Waals surface area contributed by atoms with Crippen LogP contribution < -0.4 is 10.5 Å². The van der Waals surface area contributed by atoms with Crippen molar-refractivity contribution in [2.24, 2.45) is 0 Å². The fourth-order valence-corrected chi connectivity index (χ4v) is 4.12. The van der Waals surface area contributed by atoms with Gasteiger partial charge in [-0.2, -0.15) is 5.26 Å². The lowest BCUT2D eigenvalue weighted by Gasteiger charge is -2.24. The van der Waals surface area contributed by atoms with Gasteiger partial charge in [-0.15, -0.1) is 5.10 Å². The predicted molar refractivity (Wildman–Crippen MR) is 135 cm³/mol. The van der Waals surface area contributed by atoms with Gasteiger partial charge in [-0.3, -0.25) is 4.98 Å². The third kappa shape index (κ3) is 6.07. The summed E-state index contributed by atoms with van der Waals surface area (Å²) < 4.78 is 27.2. The smallest absolute Gasteiger partial charge is 0.221 e. The number of rotatable bonds is 8. The summed E-state index contributed by atoms with van der Waals surface area (Å²) in [5.74, 6) is 0.0821. The first-order chi connectivity index (χ1) is 17.0. The van der Waals surface area contributed by atoms with Gasteiger partial charge in [-0.25, -0.2) is 27.8 Å². The summed E-state index contributed by atoms with van der Waals surface area (Å²) in [7, 11) is -3.31. The Balaban J connectivity index is 1.56. The summed E-state index contributed by atoms with van der Waals surface area (Å²) in [5, 5.41) is 17.6. The highest BCUT2D eigenvalue weighted by atomic mass is 32.2. The fourth-order valence-electron chi connectivity index (χ4n) is 3.50. The van der Waals surface area contributed by atoms with Crippen LogP contribution in [-0.2, 0) is 22.0 Å². The molecule has 12 heteroatoms. The molecule has 0 aliphatic heterocycles. The van der Waals surface area contributed by atoms with Crippen LogP contribution >= 0.6 is 0 Å². The molecule has 3 aromatic heterocycles. The average molecular weight is 504 g/mol. The number of nitrogens with one attached hydrogen (secondary N) is 1. The number of hydrogen-bond donors (Lipinski definition) is 2. The Morgan fingerprint density at radius 2 is 1.81 bits per heavy atom. The molecule has 36 heavy (non-hydrogen) atoms. The first kappa shape index (κ1) is 24.9. The largest absolute Gasteiger partial charge is 0.368 e. The van der Waals surface area contributed by atoms with Crippen molar-refractivity contribution in [2.45, 2.75) is 25.8 Å². The van der Waals surface area contributed by atoms with Crippen molar-refractivity contribution in [2.75, 3.05) is 18.5 Å². The third-order valence-electron chi connectivity index (χ3n) is 5.43. The van der Waals surface area contributed by atoms with Crippen molar-refractivity contribution in [3.8, 4) is 28.7 Å². The molecule has 1 aromatic carbocycles. The van der Waals surface area contributed by atoms with E-state index in [-0.39, 0.29) is 12.5 Å². The summed E-state index contributed by atoms with van der Waals surface area (Å²) >= 11 is 0. The van der Waals surface area contributed by atoms with Crippen molar-refractivity contribution in [1.82, 2.24) is 34.7 Å². The zero-order valence-electron chi connectivity index (χ0n) is 20.0. The van der Waals surface area contributed by atoms with Crippen LogP contribution in [-0.4, -0.2) is 51.2 Å². The van der Waals surface area contributed by atoms with Crippen molar-refractivity contribution in [3.63, 3.8) is 0 Å². The highest BCUT2D eigenvalue weighted by molar-refractivity contribution is 7.88. The molecule has 3 N–H and O–H groups in total. The Hall–Kier alpha value is -4.21. The number of nitrogens with two attached hydrogens (primary N) is 1. The van der Waals surface area contributed by atoms with Crippen LogP contribution in [0.2, 0.25) is 0 Å². The molecule has 0 spiro atoms. The molecule has 3 heterocycles. The van der Waals surface area contributed by atoms with Crippen molar-refractivity contribution < 1.29 is 8.42 Å². The molecule has 0 radical (unpaired) electrons. The van der Waals surface area contributed by atoms with E-state index in [1.165, 1.54) is 0 Å². The van der Waals surface area contributed by atoms with Crippen molar-refractivity contribution in [1.29, 1.82) is 5.26 Å². The highest BCUT2D eigenvalue weighted by Gasteiger charge is 2.24. The topological polar surface area (TPSA) is 165 Å². The van der Waals surface area contributed by atoms with E-state index in [1.807, 2.05) is 38.1 Å². The number of hydrogen-bond acceptors (Lipinski definition) is 9. The van der Waals surface area contributed by atoms with Gasteiger partial charge in [0, 0.05) is 23.2 Å². The Labute approximate surface area is 209 Å². The van der Waals surface area contributed by atoms with E-state index >= 15 is 0 Å². The van der Waals surface area contributed by atoms with Gasteiger partial charge in [0.15, 0.2) is 0 Å². The maximum atomic E-state index is 11.5. The summed E-state index contributed by atoms with van der Waals surface area (Å²) in [6, 6.07) is 16.5. The highest BCUT2D eigenvalue weighted by Crippen LogP contribution is 2.24. The predicted octanol–water partition coefficient (Wildman–Crippen LogP) is 2.13. The Morgan fingerprint density at radius 3 is 2.56 bits per heavy atom. The molecule has 11 nitrogen and oxygen atoms in total. The SMILES string of the molecule is CC(C)(CNS(C)(=O)=O)c1cccc(Cn2cc(-c3cc(-c4cccc(C#N)c4)nc(N)n3)nn2)n1. The van der Waals surface area contributed by atoms with Crippen molar-refractivity contribution >= 4 is 16.0 Å². The number of anilines is 1. The van der Waals surface area contributed by atoms with Crippen molar-refractivity contribution in [3.05, 3.63) is 71.7 Å². The van der Waals surface area contributed by atoms with Crippen LogP contribution in [0.3, 0.4) is 0 Å². The van der Waals surface area contributed by atoms with Crippen LogP contribution in [0.1, 0.15) is 30.8 Å². The van der Waals surface area contributed by atoms with E-state index < -0.39 is 15.4 Å². The van der Waals surface area contributed by atoms with Crippen LogP contribution in [0.4, 0.5) is 5.95 Å². The number of pyridine rings is 1.